The monoisotopic (exact) mass is 246 g/mol. The molecule has 94 valence electrons. The van der Waals surface area contributed by atoms with Crippen molar-refractivity contribution in [3.05, 3.63) is 0 Å². The van der Waals surface area contributed by atoms with Gasteiger partial charge in [-0.25, -0.2) is 0 Å². The number of carbonyl (C=O) groups is 1. The number of nitrogens with zero attached hydrogens (tertiary/aromatic N) is 1. The fourth-order valence-corrected chi connectivity index (χ4v) is 3.19. The lowest BCUT2D eigenvalue weighted by atomic mass is 9.96. The highest BCUT2D eigenvalue weighted by Crippen LogP contribution is 2.35. The van der Waals surface area contributed by atoms with Crippen molar-refractivity contribution >= 4 is 18.3 Å². The van der Waals surface area contributed by atoms with Gasteiger partial charge in [0.25, 0.3) is 0 Å². The number of nitrogens with one attached hydrogen (secondary N) is 1. The summed E-state index contributed by atoms with van der Waals surface area (Å²) in [7, 11) is 1.85. The molecule has 0 spiro atoms. The Labute approximate surface area is 104 Å². The van der Waals surface area contributed by atoms with Crippen LogP contribution in [0.3, 0.4) is 0 Å². The largest absolute Gasteiger partial charge is 0.338 e. The van der Waals surface area contributed by atoms with Crippen LogP contribution in [0.1, 0.15) is 38.5 Å². The maximum Gasteiger partial charge on any atom is 0.236 e. The summed E-state index contributed by atoms with van der Waals surface area (Å²) in [4.78, 5) is 14.0. The van der Waals surface area contributed by atoms with Gasteiger partial charge >= 0.3 is 0 Å². The van der Waals surface area contributed by atoms with Crippen LogP contribution < -0.4 is 5.32 Å². The number of hydrogen-bond donors (Lipinski definition) is 1. The minimum atomic E-state index is 0. The van der Waals surface area contributed by atoms with Crippen LogP contribution in [0.25, 0.3) is 0 Å². The van der Waals surface area contributed by atoms with E-state index in [1.54, 1.807) is 0 Å². The third-order valence-electron chi connectivity index (χ3n) is 3.89. The predicted octanol–water partition coefficient (Wildman–Crippen LogP) is 1.81. The maximum atomic E-state index is 11.9. The molecule has 0 aromatic rings. The third kappa shape index (κ3) is 2.89. The van der Waals surface area contributed by atoms with Crippen LogP contribution in [-0.4, -0.2) is 37.0 Å². The molecule has 1 atom stereocenters. The normalized spacial score (nSPS) is 25.8. The standard InChI is InChI=1S/C12H22N2O.ClH/c1-13-9-12(15)14-8-4-7-11(14)10-5-2-3-6-10;/h10-11,13H,2-9H2,1H3;1H. The van der Waals surface area contributed by atoms with Crippen molar-refractivity contribution < 1.29 is 4.79 Å². The molecule has 0 bridgehead atoms. The summed E-state index contributed by atoms with van der Waals surface area (Å²) in [6.45, 7) is 1.49. The molecule has 0 radical (unpaired) electrons. The number of hydrogen-bond acceptors (Lipinski definition) is 2. The Morgan fingerprint density at radius 2 is 1.94 bits per heavy atom. The minimum Gasteiger partial charge on any atom is -0.338 e. The first-order valence-corrected chi connectivity index (χ1v) is 6.27. The Bertz CT molecular complexity index is 229. The van der Waals surface area contributed by atoms with E-state index in [0.717, 1.165) is 12.5 Å². The van der Waals surface area contributed by atoms with Crippen molar-refractivity contribution in [3.8, 4) is 0 Å². The number of likely N-dealkylation sites (tertiary alicyclic amines) is 1. The summed E-state index contributed by atoms with van der Waals surface area (Å²) in [5, 5.41) is 2.96. The molecular weight excluding hydrogens is 224 g/mol. The van der Waals surface area contributed by atoms with Gasteiger partial charge in [-0.05, 0) is 38.6 Å². The highest BCUT2D eigenvalue weighted by Gasteiger charge is 2.35. The van der Waals surface area contributed by atoms with Crippen molar-refractivity contribution in [2.75, 3.05) is 20.1 Å². The average molecular weight is 247 g/mol. The molecule has 1 aliphatic heterocycles. The molecule has 1 saturated carbocycles. The summed E-state index contributed by atoms with van der Waals surface area (Å²) in [6, 6.07) is 0.563. The van der Waals surface area contributed by atoms with E-state index in [1.807, 2.05) is 7.05 Å². The zero-order valence-corrected chi connectivity index (χ0v) is 10.9. The number of amides is 1. The lowest BCUT2D eigenvalue weighted by Crippen LogP contribution is -2.43. The second-order valence-electron chi connectivity index (χ2n) is 4.87. The highest BCUT2D eigenvalue weighted by molar-refractivity contribution is 5.85. The lowest BCUT2D eigenvalue weighted by molar-refractivity contribution is -0.131. The summed E-state index contributed by atoms with van der Waals surface area (Å²) >= 11 is 0. The van der Waals surface area contributed by atoms with Crippen molar-refractivity contribution in [2.24, 2.45) is 5.92 Å². The molecule has 0 aromatic carbocycles. The summed E-state index contributed by atoms with van der Waals surface area (Å²) in [5.74, 6) is 1.10. The molecule has 2 rings (SSSR count). The van der Waals surface area contributed by atoms with E-state index in [0.29, 0.717) is 18.5 Å². The van der Waals surface area contributed by atoms with Crippen LogP contribution in [0.2, 0.25) is 0 Å². The Balaban J connectivity index is 0.00000128. The van der Waals surface area contributed by atoms with Crippen molar-refractivity contribution in [3.63, 3.8) is 0 Å². The van der Waals surface area contributed by atoms with Crippen LogP contribution in [0.5, 0.6) is 0 Å². The minimum absolute atomic E-state index is 0. The molecule has 1 amide bonds. The van der Waals surface area contributed by atoms with Crippen LogP contribution in [0.4, 0.5) is 0 Å². The van der Waals surface area contributed by atoms with Gasteiger partial charge in [0.05, 0.1) is 6.54 Å². The van der Waals surface area contributed by atoms with Crippen molar-refractivity contribution in [1.29, 1.82) is 0 Å². The Hall–Kier alpha value is -0.280. The third-order valence-corrected chi connectivity index (χ3v) is 3.89. The zero-order chi connectivity index (χ0) is 10.7. The average Bonchev–Trinajstić information content (AvgIpc) is 2.88. The van der Waals surface area contributed by atoms with Gasteiger partial charge in [0.15, 0.2) is 0 Å². The smallest absolute Gasteiger partial charge is 0.236 e. The van der Waals surface area contributed by atoms with Crippen molar-refractivity contribution in [2.45, 2.75) is 44.6 Å². The molecule has 1 aliphatic carbocycles. The van der Waals surface area contributed by atoms with Crippen molar-refractivity contribution in [1.82, 2.24) is 10.2 Å². The maximum absolute atomic E-state index is 11.9. The van der Waals surface area contributed by atoms with Crippen LogP contribution in [0, 0.1) is 5.92 Å². The molecule has 2 aliphatic rings. The quantitative estimate of drug-likeness (QED) is 0.824. The predicted molar refractivity (Wildman–Crippen MR) is 67.9 cm³/mol. The van der Waals surface area contributed by atoms with Gasteiger partial charge in [0, 0.05) is 12.6 Å². The second-order valence-corrected chi connectivity index (χ2v) is 4.87. The molecule has 3 nitrogen and oxygen atoms in total. The topological polar surface area (TPSA) is 32.3 Å². The first-order valence-electron chi connectivity index (χ1n) is 6.27. The van der Waals surface area contributed by atoms with Crippen LogP contribution >= 0.6 is 12.4 Å². The fourth-order valence-electron chi connectivity index (χ4n) is 3.19. The summed E-state index contributed by atoms with van der Waals surface area (Å²) in [5.41, 5.74) is 0. The first kappa shape index (κ1) is 13.8. The lowest BCUT2D eigenvalue weighted by Gasteiger charge is -2.29. The Morgan fingerprint density at radius 1 is 1.25 bits per heavy atom. The molecule has 16 heavy (non-hydrogen) atoms. The van der Waals surface area contributed by atoms with E-state index in [9.17, 15) is 4.79 Å². The van der Waals surface area contributed by atoms with Gasteiger partial charge in [0.2, 0.25) is 5.91 Å². The van der Waals surface area contributed by atoms with Crippen LogP contribution in [0.15, 0.2) is 0 Å². The molecule has 1 N–H and O–H groups in total. The van der Waals surface area contributed by atoms with E-state index < -0.39 is 0 Å². The molecule has 1 saturated heterocycles. The summed E-state index contributed by atoms with van der Waals surface area (Å²) < 4.78 is 0. The molecule has 1 heterocycles. The van der Waals surface area contributed by atoms with E-state index in [1.165, 1.54) is 38.5 Å². The first-order chi connectivity index (χ1) is 7.33. The van der Waals surface area contributed by atoms with Gasteiger partial charge in [-0.1, -0.05) is 12.8 Å². The fraction of sp³-hybridized carbons (Fsp3) is 0.917. The van der Waals surface area contributed by atoms with Gasteiger partial charge in [-0.2, -0.15) is 0 Å². The SMILES string of the molecule is CNCC(=O)N1CCCC1C1CCCC1.Cl. The molecule has 1 unspecified atom stereocenters. The van der Waals surface area contributed by atoms with Crippen LogP contribution in [-0.2, 0) is 4.79 Å². The van der Waals surface area contributed by atoms with Gasteiger partial charge in [-0.15, -0.1) is 12.4 Å². The van der Waals surface area contributed by atoms with Gasteiger partial charge in [0.1, 0.15) is 0 Å². The molecule has 2 fully saturated rings. The molecule has 4 heteroatoms. The molecular formula is C12H23ClN2O. The molecule has 0 aromatic heterocycles. The number of halogens is 1. The Morgan fingerprint density at radius 3 is 2.56 bits per heavy atom. The van der Waals surface area contributed by atoms with E-state index in [4.69, 9.17) is 0 Å². The number of rotatable bonds is 3. The van der Waals surface area contributed by atoms with Gasteiger partial charge < -0.3 is 10.2 Å². The highest BCUT2D eigenvalue weighted by atomic mass is 35.5. The van der Waals surface area contributed by atoms with E-state index in [-0.39, 0.29) is 12.4 Å². The van der Waals surface area contributed by atoms with Gasteiger partial charge in [-0.3, -0.25) is 4.79 Å². The van der Waals surface area contributed by atoms with E-state index in [2.05, 4.69) is 10.2 Å². The summed E-state index contributed by atoms with van der Waals surface area (Å²) in [6.07, 6.45) is 7.86. The zero-order valence-electron chi connectivity index (χ0n) is 10.1. The second kappa shape index (κ2) is 6.45. The Kier molecular flexibility index (Phi) is 5.56. The number of likely N-dealkylation sites (N-methyl/N-ethyl adjacent to an activating group) is 1. The number of carbonyl (C=O) groups excluding carboxylic acids is 1. The van der Waals surface area contributed by atoms with E-state index >= 15 is 0 Å².